The third-order valence-electron chi connectivity index (χ3n) is 3.79. The molecule has 1 aromatic heterocycles. The van der Waals surface area contributed by atoms with Crippen molar-refractivity contribution in [2.75, 3.05) is 25.1 Å². The molecule has 0 aliphatic carbocycles. The maximum atomic E-state index is 11.8. The Morgan fingerprint density at radius 1 is 1.24 bits per heavy atom. The molecule has 8 nitrogen and oxygen atoms in total. The monoisotopic (exact) mass is 412 g/mol. The number of aliphatic carboxylic acids is 1. The van der Waals surface area contributed by atoms with Crippen LogP contribution in [0.4, 0.5) is 24.7 Å². The fraction of sp³-hybridized carbons (Fsp3) is 0.333. The molecule has 1 unspecified atom stereocenters. The predicted octanol–water partition coefficient (Wildman–Crippen LogP) is 2.77. The van der Waals surface area contributed by atoms with E-state index in [4.69, 9.17) is 14.6 Å². The zero-order valence-corrected chi connectivity index (χ0v) is 15.4. The number of carboxylic acid groups (broad SMARTS) is 1. The summed E-state index contributed by atoms with van der Waals surface area (Å²) in [5.41, 5.74) is 0.954. The second-order valence-corrected chi connectivity index (χ2v) is 5.90. The number of halogens is 3. The van der Waals surface area contributed by atoms with E-state index in [1.807, 2.05) is 30.3 Å². The highest BCUT2D eigenvalue weighted by Crippen LogP contribution is 2.23. The van der Waals surface area contributed by atoms with Crippen LogP contribution in [0.25, 0.3) is 0 Å². The van der Waals surface area contributed by atoms with Crippen LogP contribution in [0.1, 0.15) is 18.8 Å². The van der Waals surface area contributed by atoms with Gasteiger partial charge in [-0.25, -0.2) is 14.8 Å². The van der Waals surface area contributed by atoms with Gasteiger partial charge in [0.15, 0.2) is 5.82 Å². The van der Waals surface area contributed by atoms with Gasteiger partial charge in [0.25, 0.3) is 0 Å². The normalized spacial score (nSPS) is 16.4. The van der Waals surface area contributed by atoms with Gasteiger partial charge in [-0.2, -0.15) is 13.2 Å². The van der Waals surface area contributed by atoms with Crippen LogP contribution in [-0.2, 0) is 14.3 Å². The van der Waals surface area contributed by atoms with Gasteiger partial charge < -0.3 is 20.1 Å². The van der Waals surface area contributed by atoms with Crippen LogP contribution >= 0.6 is 0 Å². The number of aromatic nitrogens is 2. The van der Waals surface area contributed by atoms with Crippen molar-refractivity contribution >= 4 is 23.4 Å². The summed E-state index contributed by atoms with van der Waals surface area (Å²) in [5.74, 6) is -1.45. The Morgan fingerprint density at radius 2 is 1.90 bits per heavy atom. The van der Waals surface area contributed by atoms with E-state index in [0.717, 1.165) is 5.69 Å². The number of hydrogen-bond acceptors (Lipinski definition) is 6. The maximum absolute atomic E-state index is 11.8. The van der Waals surface area contributed by atoms with Gasteiger partial charge in [0, 0.05) is 25.4 Å². The van der Waals surface area contributed by atoms with E-state index < -0.39 is 12.1 Å². The van der Waals surface area contributed by atoms with Gasteiger partial charge in [0.1, 0.15) is 11.9 Å². The minimum absolute atomic E-state index is 0.0123. The lowest BCUT2D eigenvalue weighted by molar-refractivity contribution is -0.192. The number of morpholine rings is 1. The van der Waals surface area contributed by atoms with Crippen molar-refractivity contribution in [3.63, 3.8) is 0 Å². The van der Waals surface area contributed by atoms with E-state index in [0.29, 0.717) is 31.4 Å². The lowest BCUT2D eigenvalue weighted by Gasteiger charge is -2.33. The number of nitrogens with one attached hydrogen (secondary N) is 1. The molecule has 1 saturated heterocycles. The summed E-state index contributed by atoms with van der Waals surface area (Å²) in [6, 6.07) is 11.4. The molecule has 0 saturated carbocycles. The van der Waals surface area contributed by atoms with Crippen molar-refractivity contribution in [2.24, 2.45) is 0 Å². The summed E-state index contributed by atoms with van der Waals surface area (Å²) in [4.78, 5) is 31.2. The Kier molecular flexibility index (Phi) is 7.48. The third-order valence-corrected chi connectivity index (χ3v) is 3.79. The third kappa shape index (κ3) is 6.71. The number of para-hydroxylation sites is 1. The average molecular weight is 412 g/mol. The van der Waals surface area contributed by atoms with E-state index in [2.05, 4.69) is 15.3 Å². The van der Waals surface area contributed by atoms with Crippen LogP contribution in [0.3, 0.4) is 0 Å². The molecule has 0 spiro atoms. The highest BCUT2D eigenvalue weighted by atomic mass is 19.4. The van der Waals surface area contributed by atoms with E-state index in [1.54, 1.807) is 24.1 Å². The van der Waals surface area contributed by atoms with Crippen LogP contribution in [0, 0.1) is 0 Å². The van der Waals surface area contributed by atoms with Crippen molar-refractivity contribution in [3.8, 4) is 0 Å². The second kappa shape index (κ2) is 9.82. The van der Waals surface area contributed by atoms with Crippen molar-refractivity contribution in [3.05, 3.63) is 48.4 Å². The minimum Gasteiger partial charge on any atom is -0.475 e. The van der Waals surface area contributed by atoms with Crippen molar-refractivity contribution in [1.82, 2.24) is 14.9 Å². The predicted molar refractivity (Wildman–Crippen MR) is 96.4 cm³/mol. The fourth-order valence-corrected chi connectivity index (χ4v) is 2.47. The Balaban J connectivity index is 0.000000370. The molecule has 1 aromatic carbocycles. The van der Waals surface area contributed by atoms with Crippen molar-refractivity contribution in [1.29, 1.82) is 0 Å². The molecule has 1 fully saturated rings. The van der Waals surface area contributed by atoms with Crippen LogP contribution in [0.5, 0.6) is 0 Å². The second-order valence-electron chi connectivity index (χ2n) is 5.90. The number of carbonyl (C=O) groups excluding carboxylic acids is 1. The molecule has 1 amide bonds. The molecule has 1 aliphatic rings. The zero-order valence-electron chi connectivity index (χ0n) is 15.4. The number of ether oxygens (including phenoxy) is 1. The van der Waals surface area contributed by atoms with Crippen LogP contribution in [0.2, 0.25) is 0 Å². The topological polar surface area (TPSA) is 105 Å². The van der Waals surface area contributed by atoms with Gasteiger partial charge in [0.2, 0.25) is 5.91 Å². The number of carbonyl (C=O) groups is 2. The molecule has 3 rings (SSSR count). The van der Waals surface area contributed by atoms with Crippen LogP contribution in [0.15, 0.2) is 42.6 Å². The first-order valence-corrected chi connectivity index (χ1v) is 8.48. The highest BCUT2D eigenvalue weighted by molar-refractivity contribution is 5.74. The molecule has 2 aromatic rings. The summed E-state index contributed by atoms with van der Waals surface area (Å²) in [6.07, 6.45) is -3.39. The highest BCUT2D eigenvalue weighted by Gasteiger charge is 2.38. The molecule has 1 aliphatic heterocycles. The van der Waals surface area contributed by atoms with E-state index in [-0.39, 0.29) is 11.9 Å². The van der Waals surface area contributed by atoms with Crippen molar-refractivity contribution in [2.45, 2.75) is 19.1 Å². The Labute approximate surface area is 164 Å². The van der Waals surface area contributed by atoms with Gasteiger partial charge in [-0.1, -0.05) is 18.2 Å². The lowest BCUT2D eigenvalue weighted by Crippen LogP contribution is -2.43. The summed E-state index contributed by atoms with van der Waals surface area (Å²) in [7, 11) is 0. The summed E-state index contributed by atoms with van der Waals surface area (Å²) in [5, 5.41) is 10.4. The van der Waals surface area contributed by atoms with Crippen LogP contribution < -0.4 is 5.32 Å². The smallest absolute Gasteiger partial charge is 0.475 e. The molecule has 2 N–H and O–H groups in total. The SMILES string of the molecule is CC(=O)N1CCOCC1c1nccc(Nc2ccccc2)n1.O=C(O)C(F)(F)F. The first-order valence-electron chi connectivity index (χ1n) is 8.48. The quantitative estimate of drug-likeness (QED) is 0.799. The molecular weight excluding hydrogens is 393 g/mol. The fourth-order valence-electron chi connectivity index (χ4n) is 2.47. The molecular formula is C18H19F3N4O4. The van der Waals surface area contributed by atoms with E-state index in [1.165, 1.54) is 0 Å². The van der Waals surface area contributed by atoms with Gasteiger partial charge in [-0.05, 0) is 18.2 Å². The molecule has 1 atom stereocenters. The van der Waals surface area contributed by atoms with Gasteiger partial charge >= 0.3 is 12.1 Å². The first-order chi connectivity index (χ1) is 13.7. The number of anilines is 2. The van der Waals surface area contributed by atoms with Gasteiger partial charge in [-0.15, -0.1) is 0 Å². The van der Waals surface area contributed by atoms with E-state index >= 15 is 0 Å². The molecule has 2 heterocycles. The summed E-state index contributed by atoms with van der Waals surface area (Å²) in [6.45, 7) is 3.11. The summed E-state index contributed by atoms with van der Waals surface area (Å²) < 4.78 is 37.2. The van der Waals surface area contributed by atoms with Gasteiger partial charge in [-0.3, -0.25) is 4.79 Å². The molecule has 0 radical (unpaired) electrons. The molecule has 156 valence electrons. The summed E-state index contributed by atoms with van der Waals surface area (Å²) >= 11 is 0. The molecule has 29 heavy (non-hydrogen) atoms. The van der Waals surface area contributed by atoms with E-state index in [9.17, 15) is 18.0 Å². The number of benzene rings is 1. The Hall–Kier alpha value is -3.21. The number of nitrogens with zero attached hydrogens (tertiary/aromatic N) is 3. The first kappa shape index (κ1) is 22.1. The lowest BCUT2D eigenvalue weighted by atomic mass is 10.2. The molecule has 0 bridgehead atoms. The number of alkyl halides is 3. The largest absolute Gasteiger partial charge is 0.490 e. The number of hydrogen-bond donors (Lipinski definition) is 2. The van der Waals surface area contributed by atoms with Crippen molar-refractivity contribution < 1.29 is 32.6 Å². The standard InChI is InChI=1S/C16H18N4O2.C2HF3O2/c1-12(21)20-9-10-22-11-14(20)16-17-8-7-15(19-16)18-13-5-3-2-4-6-13;3-2(4,5)1(6)7/h2-8,14H,9-11H2,1H3,(H,17,18,19);(H,6,7). The maximum Gasteiger partial charge on any atom is 0.490 e. The Bertz CT molecular complexity index is 833. The van der Waals surface area contributed by atoms with Gasteiger partial charge in [0.05, 0.1) is 13.2 Å². The number of amides is 1. The number of carboxylic acids is 1. The van der Waals surface area contributed by atoms with Crippen LogP contribution in [-0.4, -0.2) is 57.8 Å². The minimum atomic E-state index is -5.08. The Morgan fingerprint density at radius 3 is 2.48 bits per heavy atom. The zero-order chi connectivity index (χ0) is 21.4. The molecule has 11 heteroatoms. The average Bonchev–Trinajstić information content (AvgIpc) is 2.69. The number of rotatable bonds is 3.